The second-order valence-electron chi connectivity index (χ2n) is 18.7. The molecule has 0 unspecified atom stereocenters. The Hall–Kier alpha value is -9.35. The third-order valence-electron chi connectivity index (χ3n) is 14.5. The second kappa shape index (κ2) is 18.0. The first-order valence-corrected chi connectivity index (χ1v) is 24.9. The summed E-state index contributed by atoms with van der Waals surface area (Å²) in [5.74, 6) is 1.90. The number of ether oxygens (including phenoxy) is 1. The molecule has 0 bridgehead atoms. The van der Waals surface area contributed by atoms with Crippen LogP contribution in [0, 0.1) is 18.5 Å². The van der Waals surface area contributed by atoms with E-state index in [2.05, 4.69) is 267 Å². The standard InChI is InChI=1S/C68H41N5O.Pt/c1-3-20-45(21-4-1)50-30-18-31-51(46-22-5-2-6-23-46)66(50)71-44-70(63-38-15-16-39-64(63)71)47-24-17-25-48(42-47)74-49-40-41-55-53-27-9-13-36-61(53)73(65(55)43-49)68-58-29-8-7-26-52(58)56-32-19-33-57-54-28-10-12-35-60(54)72(67(56)57)62-37-14-11-34-59(62)69-68;/h1-41H;/q-2;. The number of rotatable bonds is 7. The van der Waals surface area contributed by atoms with Crippen LogP contribution in [0.5, 0.6) is 11.5 Å². The quantitative estimate of drug-likeness (QED) is 0.118. The maximum absolute atomic E-state index is 6.84. The SMILES string of the molecule is [Pt].[c-]1c(Oc2[c-]c3c(cc2)c2ccccc2n3-c2nc3ccccc3n3c4ccccc4c4cccc(c5ccccc25)c43)cccc1-n1[c-][n+](-c2c(-c3ccccc3)cccc2-c2ccccc2)c2ccccc21. The summed E-state index contributed by atoms with van der Waals surface area (Å²) in [6, 6.07) is 94.7. The van der Waals surface area contributed by atoms with E-state index in [-0.39, 0.29) is 21.1 Å². The molecule has 0 radical (unpaired) electrons. The largest absolute Gasteiger partial charge is 0.510 e. The molecular weight excluding hydrogens is 1100 g/mol. The Balaban J connectivity index is 0.00000516. The van der Waals surface area contributed by atoms with Gasteiger partial charge in [0, 0.05) is 59.6 Å². The van der Waals surface area contributed by atoms with Crippen molar-refractivity contribution >= 4 is 81.8 Å². The number of benzene rings is 11. The van der Waals surface area contributed by atoms with E-state index in [0.29, 0.717) is 11.5 Å². The van der Waals surface area contributed by atoms with Crippen molar-refractivity contribution in [3.05, 3.63) is 267 Å². The number of hydrogen-bond donors (Lipinski definition) is 0. The van der Waals surface area contributed by atoms with Crippen molar-refractivity contribution in [3.8, 4) is 50.9 Å². The van der Waals surface area contributed by atoms with E-state index in [1.165, 1.54) is 10.8 Å². The Morgan fingerprint density at radius 1 is 0.400 bits per heavy atom. The fourth-order valence-electron chi connectivity index (χ4n) is 11.3. The van der Waals surface area contributed by atoms with Crippen molar-refractivity contribution in [3.63, 3.8) is 0 Å². The van der Waals surface area contributed by atoms with Crippen LogP contribution in [-0.2, 0) is 21.1 Å². The van der Waals surface area contributed by atoms with Crippen LogP contribution >= 0.6 is 0 Å². The molecule has 0 saturated carbocycles. The number of imidazole rings is 1. The number of nitrogens with zero attached hydrogens (tertiary/aromatic N) is 5. The minimum atomic E-state index is 0. The van der Waals surface area contributed by atoms with E-state index in [0.717, 1.165) is 111 Å². The summed E-state index contributed by atoms with van der Waals surface area (Å²) in [6.07, 6.45) is 3.79. The molecule has 0 atom stereocenters. The maximum atomic E-state index is 6.84. The molecule has 75 heavy (non-hydrogen) atoms. The summed E-state index contributed by atoms with van der Waals surface area (Å²) >= 11 is 0. The molecule has 0 N–H and O–H groups in total. The first kappa shape index (κ1) is 44.4. The number of fused-ring (bicyclic) bond motifs is 11. The zero-order valence-electron chi connectivity index (χ0n) is 40.1. The Kier molecular flexibility index (Phi) is 10.6. The molecule has 15 aromatic rings. The minimum absolute atomic E-state index is 0. The summed E-state index contributed by atoms with van der Waals surface area (Å²) in [5, 5.41) is 7.78. The average Bonchev–Trinajstić information content (AvgIpc) is 4.20. The van der Waals surface area contributed by atoms with Crippen LogP contribution in [0.3, 0.4) is 0 Å². The first-order chi connectivity index (χ1) is 36.7. The van der Waals surface area contributed by atoms with Crippen LogP contribution in [0.15, 0.2) is 249 Å². The van der Waals surface area contributed by atoms with Gasteiger partial charge in [-0.15, -0.1) is 29.7 Å². The van der Waals surface area contributed by atoms with E-state index in [1.807, 2.05) is 18.2 Å². The second-order valence-corrected chi connectivity index (χ2v) is 18.7. The Labute approximate surface area is 446 Å². The summed E-state index contributed by atoms with van der Waals surface area (Å²) in [4.78, 5) is 5.74. The van der Waals surface area contributed by atoms with Crippen molar-refractivity contribution in [1.82, 2.24) is 18.5 Å². The Morgan fingerprint density at radius 2 is 0.947 bits per heavy atom. The van der Waals surface area contributed by atoms with Gasteiger partial charge < -0.3 is 18.3 Å². The predicted octanol–water partition coefficient (Wildman–Crippen LogP) is 16.4. The van der Waals surface area contributed by atoms with Crippen molar-refractivity contribution in [1.29, 1.82) is 0 Å². The Morgan fingerprint density at radius 3 is 1.69 bits per heavy atom. The third-order valence-corrected chi connectivity index (χ3v) is 14.5. The number of aromatic nitrogens is 5. The molecule has 4 aromatic heterocycles. The molecule has 0 amide bonds. The molecule has 0 fully saturated rings. The normalized spacial score (nSPS) is 11.6. The van der Waals surface area contributed by atoms with Gasteiger partial charge in [-0.1, -0.05) is 200 Å². The van der Waals surface area contributed by atoms with Gasteiger partial charge >= 0.3 is 0 Å². The van der Waals surface area contributed by atoms with Crippen molar-refractivity contribution < 1.29 is 30.4 Å². The molecular formula is C68H41N5OPt-2. The van der Waals surface area contributed by atoms with Crippen LogP contribution in [0.2, 0.25) is 0 Å². The maximum Gasteiger partial charge on any atom is 0.268 e. The average molecular weight is 1140 g/mol. The number of para-hydroxylation sites is 8. The minimum Gasteiger partial charge on any atom is -0.510 e. The predicted molar refractivity (Wildman–Crippen MR) is 301 cm³/mol. The van der Waals surface area contributed by atoms with Crippen LogP contribution < -0.4 is 9.30 Å². The van der Waals surface area contributed by atoms with Crippen molar-refractivity contribution in [2.45, 2.75) is 0 Å². The van der Waals surface area contributed by atoms with E-state index in [9.17, 15) is 0 Å². The molecule has 11 aromatic carbocycles. The molecule has 0 aliphatic heterocycles. The molecule has 7 heteroatoms. The van der Waals surface area contributed by atoms with Crippen LogP contribution in [-0.4, -0.2) is 18.5 Å². The van der Waals surface area contributed by atoms with Crippen LogP contribution in [0.4, 0.5) is 0 Å². The van der Waals surface area contributed by atoms with E-state index in [1.54, 1.807) is 0 Å². The Bertz CT molecular complexity index is 4710. The van der Waals surface area contributed by atoms with Gasteiger partial charge in [0.25, 0.3) is 6.33 Å². The van der Waals surface area contributed by atoms with Crippen LogP contribution in [0.1, 0.15) is 0 Å². The monoisotopic (exact) mass is 1140 g/mol. The zero-order valence-corrected chi connectivity index (χ0v) is 42.4. The summed E-state index contributed by atoms with van der Waals surface area (Å²) in [6.45, 7) is 0. The molecule has 15 rings (SSSR count). The van der Waals surface area contributed by atoms with Gasteiger partial charge in [0.1, 0.15) is 5.82 Å². The molecule has 0 aliphatic rings. The summed E-state index contributed by atoms with van der Waals surface area (Å²) < 4.78 is 15.8. The molecule has 0 spiro atoms. The molecule has 0 aliphatic carbocycles. The fourth-order valence-corrected chi connectivity index (χ4v) is 11.3. The zero-order chi connectivity index (χ0) is 48.7. The van der Waals surface area contributed by atoms with E-state index in [4.69, 9.17) is 9.72 Å². The van der Waals surface area contributed by atoms with Gasteiger partial charge in [-0.05, 0) is 63.0 Å². The summed E-state index contributed by atoms with van der Waals surface area (Å²) in [5.41, 5.74) is 14.3. The van der Waals surface area contributed by atoms with Gasteiger partial charge in [0.05, 0.1) is 38.8 Å². The van der Waals surface area contributed by atoms with Crippen molar-refractivity contribution in [2.75, 3.05) is 0 Å². The van der Waals surface area contributed by atoms with Crippen molar-refractivity contribution in [2.24, 2.45) is 0 Å². The summed E-state index contributed by atoms with van der Waals surface area (Å²) in [7, 11) is 0. The van der Waals surface area contributed by atoms with Crippen LogP contribution in [0.25, 0.3) is 121 Å². The van der Waals surface area contributed by atoms with Gasteiger partial charge in [-0.2, -0.15) is 18.2 Å². The molecule has 356 valence electrons. The molecule has 0 saturated heterocycles. The van der Waals surface area contributed by atoms with E-state index >= 15 is 0 Å². The van der Waals surface area contributed by atoms with E-state index < -0.39 is 0 Å². The molecule has 6 nitrogen and oxygen atoms in total. The topological polar surface area (TPSA) is 40.3 Å². The fraction of sp³-hybridized carbons (Fsp3) is 0. The third kappa shape index (κ3) is 7.13. The van der Waals surface area contributed by atoms with Gasteiger partial charge in [0.15, 0.2) is 0 Å². The molecule has 4 heterocycles. The first-order valence-electron chi connectivity index (χ1n) is 24.9. The van der Waals surface area contributed by atoms with Gasteiger partial charge in [-0.25, -0.2) is 4.98 Å². The smallest absolute Gasteiger partial charge is 0.268 e. The van der Waals surface area contributed by atoms with Gasteiger partial charge in [-0.3, -0.25) is 4.57 Å². The number of hydrogen-bond acceptors (Lipinski definition) is 2. The van der Waals surface area contributed by atoms with Gasteiger partial charge in [0.2, 0.25) is 0 Å².